The lowest BCUT2D eigenvalue weighted by Gasteiger charge is -2.28. The minimum Gasteiger partial charge on any atom is -0.459 e. The van der Waals surface area contributed by atoms with Crippen LogP contribution in [0.5, 0.6) is 0 Å². The Morgan fingerprint density at radius 1 is 1.32 bits per heavy atom. The van der Waals surface area contributed by atoms with Crippen molar-refractivity contribution in [3.8, 4) is 0 Å². The highest BCUT2D eigenvalue weighted by molar-refractivity contribution is 5.86. The van der Waals surface area contributed by atoms with Crippen LogP contribution in [0.25, 0.3) is 0 Å². The number of nitrogens with zero attached hydrogens (tertiary/aromatic N) is 1. The summed E-state index contributed by atoms with van der Waals surface area (Å²) in [5.74, 6) is -0.411. The number of rotatable bonds is 8. The second-order valence-corrected chi connectivity index (χ2v) is 5.47. The summed E-state index contributed by atoms with van der Waals surface area (Å²) in [4.78, 5) is 16.9. The van der Waals surface area contributed by atoms with E-state index in [1.807, 2.05) is 34.7 Å². The number of carbonyl (C=O) groups excluding carboxylic acids is 1. The van der Waals surface area contributed by atoms with Crippen LogP contribution in [0.2, 0.25) is 0 Å². The van der Waals surface area contributed by atoms with E-state index in [-0.39, 0.29) is 18.3 Å². The Hall–Kier alpha value is -0.910. The number of ether oxygens (including phenoxy) is 2. The van der Waals surface area contributed by atoms with Gasteiger partial charge in [-0.25, -0.2) is 4.79 Å². The summed E-state index contributed by atoms with van der Waals surface area (Å²) in [5, 5.41) is 1.71. The van der Waals surface area contributed by atoms with Crippen molar-refractivity contribution in [1.82, 2.24) is 5.06 Å². The number of hydrogen-bond donors (Lipinski definition) is 0. The largest absolute Gasteiger partial charge is 0.459 e. The minimum atomic E-state index is -0.411. The Bertz CT molecular complexity index is 296. The molecule has 0 spiro atoms. The maximum absolute atomic E-state index is 11.4. The smallest absolute Gasteiger partial charge is 0.333 e. The first-order chi connectivity index (χ1) is 8.65. The van der Waals surface area contributed by atoms with E-state index in [1.54, 1.807) is 12.0 Å². The van der Waals surface area contributed by atoms with E-state index in [0.29, 0.717) is 12.2 Å². The van der Waals surface area contributed by atoms with Crippen molar-refractivity contribution in [2.45, 2.75) is 46.3 Å². The fourth-order valence-corrected chi connectivity index (χ4v) is 1.21. The van der Waals surface area contributed by atoms with Crippen molar-refractivity contribution in [2.75, 3.05) is 26.8 Å². The molecule has 0 aromatic rings. The second-order valence-electron chi connectivity index (χ2n) is 5.47. The quantitative estimate of drug-likeness (QED) is 0.385. The van der Waals surface area contributed by atoms with Gasteiger partial charge in [0, 0.05) is 19.2 Å². The van der Waals surface area contributed by atoms with Crippen molar-refractivity contribution in [2.24, 2.45) is 0 Å². The predicted molar refractivity (Wildman–Crippen MR) is 74.7 cm³/mol. The van der Waals surface area contributed by atoms with Crippen LogP contribution >= 0.6 is 0 Å². The van der Waals surface area contributed by atoms with Crippen molar-refractivity contribution in [3.63, 3.8) is 0 Å². The molecule has 0 amide bonds. The van der Waals surface area contributed by atoms with Crippen LogP contribution in [0, 0.1) is 0 Å². The Kier molecular flexibility index (Phi) is 7.90. The molecule has 0 aliphatic carbocycles. The van der Waals surface area contributed by atoms with E-state index in [2.05, 4.69) is 6.58 Å². The van der Waals surface area contributed by atoms with Gasteiger partial charge in [0.25, 0.3) is 0 Å². The molecule has 0 radical (unpaired) electrons. The molecule has 112 valence electrons. The van der Waals surface area contributed by atoms with Gasteiger partial charge in [-0.15, -0.1) is 0 Å². The predicted octanol–water partition coefficient (Wildman–Crippen LogP) is 2.17. The van der Waals surface area contributed by atoms with Gasteiger partial charge in [0.1, 0.15) is 12.7 Å². The Balaban J connectivity index is 4.33. The molecule has 0 aromatic heterocycles. The van der Waals surface area contributed by atoms with E-state index in [0.717, 1.165) is 6.54 Å². The molecule has 0 saturated carbocycles. The fourth-order valence-electron chi connectivity index (χ4n) is 1.21. The van der Waals surface area contributed by atoms with Gasteiger partial charge < -0.3 is 9.47 Å². The zero-order chi connectivity index (χ0) is 15.1. The lowest BCUT2D eigenvalue weighted by Crippen LogP contribution is -2.37. The molecule has 1 unspecified atom stereocenters. The summed E-state index contributed by atoms with van der Waals surface area (Å²) in [6, 6.07) is 0. The molecular formula is C14H27NO4. The van der Waals surface area contributed by atoms with E-state index < -0.39 is 5.97 Å². The molecule has 1 atom stereocenters. The number of hydroxylamine groups is 2. The molecule has 0 bridgehead atoms. The monoisotopic (exact) mass is 273 g/mol. The number of esters is 1. The van der Waals surface area contributed by atoms with Crippen molar-refractivity contribution < 1.29 is 19.1 Å². The van der Waals surface area contributed by atoms with E-state index >= 15 is 0 Å². The maximum atomic E-state index is 11.4. The van der Waals surface area contributed by atoms with Gasteiger partial charge in [0.15, 0.2) is 0 Å². The molecule has 5 nitrogen and oxygen atoms in total. The van der Waals surface area contributed by atoms with Gasteiger partial charge in [-0.1, -0.05) is 13.5 Å². The summed E-state index contributed by atoms with van der Waals surface area (Å²) >= 11 is 0. The van der Waals surface area contributed by atoms with E-state index in [9.17, 15) is 4.79 Å². The Labute approximate surface area is 116 Å². The first-order valence-corrected chi connectivity index (χ1v) is 6.50. The standard InChI is InChI=1S/C14H27NO4/c1-8-15(7)18-10-12(19-14(4,5)6)9-17-13(16)11(2)3/h12H,2,8-10H2,1,3-7H3. The topological polar surface area (TPSA) is 48.0 Å². The SMILES string of the molecule is C=C(C)C(=O)OCC(CON(C)CC)OC(C)(C)C. The third-order valence-electron chi connectivity index (χ3n) is 2.20. The first-order valence-electron chi connectivity index (χ1n) is 6.50. The molecule has 0 N–H and O–H groups in total. The molecular weight excluding hydrogens is 246 g/mol. The summed E-state index contributed by atoms with van der Waals surface area (Å²) in [7, 11) is 1.84. The lowest BCUT2D eigenvalue weighted by atomic mass is 10.2. The van der Waals surface area contributed by atoms with E-state index in [1.165, 1.54) is 0 Å². The lowest BCUT2D eigenvalue weighted by molar-refractivity contribution is -0.195. The molecule has 0 aliphatic heterocycles. The molecule has 0 rings (SSSR count). The van der Waals surface area contributed by atoms with Crippen molar-refractivity contribution >= 4 is 5.97 Å². The van der Waals surface area contributed by atoms with Gasteiger partial charge in [0.2, 0.25) is 0 Å². The van der Waals surface area contributed by atoms with Crippen LogP contribution < -0.4 is 0 Å². The van der Waals surface area contributed by atoms with Crippen LogP contribution in [-0.2, 0) is 19.1 Å². The van der Waals surface area contributed by atoms with Crippen LogP contribution in [0.3, 0.4) is 0 Å². The Morgan fingerprint density at radius 2 is 1.89 bits per heavy atom. The molecule has 0 fully saturated rings. The molecule has 5 heteroatoms. The summed E-state index contributed by atoms with van der Waals surface area (Å²) in [5.41, 5.74) is 0.0511. The molecule has 19 heavy (non-hydrogen) atoms. The van der Waals surface area contributed by atoms with Gasteiger partial charge in [-0.05, 0) is 27.7 Å². The fraction of sp³-hybridized carbons (Fsp3) is 0.786. The van der Waals surface area contributed by atoms with Gasteiger partial charge in [0.05, 0.1) is 12.2 Å². The normalized spacial score (nSPS) is 13.4. The third-order valence-corrected chi connectivity index (χ3v) is 2.20. The summed E-state index contributed by atoms with van der Waals surface area (Å²) < 4.78 is 10.9. The minimum absolute atomic E-state index is 0.153. The second kappa shape index (κ2) is 8.30. The highest BCUT2D eigenvalue weighted by Crippen LogP contribution is 2.12. The maximum Gasteiger partial charge on any atom is 0.333 e. The van der Waals surface area contributed by atoms with Crippen LogP contribution in [0.4, 0.5) is 0 Å². The zero-order valence-corrected chi connectivity index (χ0v) is 13.0. The molecule has 0 saturated heterocycles. The van der Waals surface area contributed by atoms with Crippen LogP contribution in [0.1, 0.15) is 34.6 Å². The number of carbonyl (C=O) groups is 1. The highest BCUT2D eigenvalue weighted by Gasteiger charge is 2.21. The van der Waals surface area contributed by atoms with Gasteiger partial charge in [-0.2, -0.15) is 5.06 Å². The average Bonchev–Trinajstić information content (AvgIpc) is 2.29. The molecule has 0 aliphatic rings. The highest BCUT2D eigenvalue weighted by atomic mass is 16.7. The zero-order valence-electron chi connectivity index (χ0n) is 13.0. The summed E-state index contributed by atoms with van der Waals surface area (Å²) in [6.07, 6.45) is -0.308. The number of hydrogen-bond acceptors (Lipinski definition) is 5. The van der Waals surface area contributed by atoms with Gasteiger partial charge in [-0.3, -0.25) is 4.84 Å². The van der Waals surface area contributed by atoms with E-state index in [4.69, 9.17) is 14.3 Å². The van der Waals surface area contributed by atoms with Gasteiger partial charge >= 0.3 is 5.97 Å². The van der Waals surface area contributed by atoms with Crippen molar-refractivity contribution in [1.29, 1.82) is 0 Å². The summed E-state index contributed by atoms with van der Waals surface area (Å²) in [6.45, 7) is 14.3. The van der Waals surface area contributed by atoms with Crippen molar-refractivity contribution in [3.05, 3.63) is 12.2 Å². The molecule has 0 aromatic carbocycles. The average molecular weight is 273 g/mol. The Morgan fingerprint density at radius 3 is 2.32 bits per heavy atom. The first kappa shape index (κ1) is 18.1. The molecule has 0 heterocycles. The third kappa shape index (κ3) is 9.64. The van der Waals surface area contributed by atoms with Crippen LogP contribution in [-0.4, -0.2) is 49.5 Å². The van der Waals surface area contributed by atoms with Crippen LogP contribution in [0.15, 0.2) is 12.2 Å².